The van der Waals surface area contributed by atoms with Crippen LogP contribution in [-0.2, 0) is 4.79 Å². The highest BCUT2D eigenvalue weighted by atomic mass is 35.5. The summed E-state index contributed by atoms with van der Waals surface area (Å²) in [6.45, 7) is 4.17. The summed E-state index contributed by atoms with van der Waals surface area (Å²) in [5, 5.41) is 3.42. The topological polar surface area (TPSA) is 32.3 Å². The number of piperidine rings is 1. The summed E-state index contributed by atoms with van der Waals surface area (Å²) in [6, 6.07) is 1.00. The van der Waals surface area contributed by atoms with Gasteiger partial charge in [0, 0.05) is 30.3 Å². The van der Waals surface area contributed by atoms with Crippen LogP contribution in [0.15, 0.2) is 0 Å². The summed E-state index contributed by atoms with van der Waals surface area (Å²) in [4.78, 5) is 14.7. The first kappa shape index (κ1) is 16.1. The van der Waals surface area contributed by atoms with Crippen molar-refractivity contribution >= 4 is 30.1 Å². The molecular formula is C13H25ClN2OS. The summed E-state index contributed by atoms with van der Waals surface area (Å²) < 4.78 is 0. The molecule has 2 rings (SSSR count). The smallest absolute Gasteiger partial charge is 0.226 e. The van der Waals surface area contributed by atoms with Crippen molar-refractivity contribution in [2.75, 3.05) is 25.1 Å². The molecular weight excluding hydrogens is 268 g/mol. The third-order valence-corrected chi connectivity index (χ3v) is 4.71. The summed E-state index contributed by atoms with van der Waals surface area (Å²) >= 11 is 1.86. The summed E-state index contributed by atoms with van der Waals surface area (Å²) in [7, 11) is 0. The van der Waals surface area contributed by atoms with Crippen LogP contribution in [0.25, 0.3) is 0 Å². The molecule has 2 aliphatic rings. The fraction of sp³-hybridized carbons (Fsp3) is 0.923. The van der Waals surface area contributed by atoms with Gasteiger partial charge in [-0.1, -0.05) is 0 Å². The number of carbonyl (C=O) groups excluding carboxylic acids is 1. The van der Waals surface area contributed by atoms with E-state index in [1.807, 2.05) is 11.8 Å². The van der Waals surface area contributed by atoms with Crippen LogP contribution < -0.4 is 5.32 Å². The van der Waals surface area contributed by atoms with E-state index in [4.69, 9.17) is 0 Å². The number of thioether (sulfide) groups is 1. The third-order valence-electron chi connectivity index (χ3n) is 3.99. The van der Waals surface area contributed by atoms with Crippen LogP contribution in [0.2, 0.25) is 0 Å². The second-order valence-corrected chi connectivity index (χ2v) is 6.27. The fourth-order valence-electron chi connectivity index (χ4n) is 3.08. The molecule has 2 heterocycles. The number of likely N-dealkylation sites (tertiary alicyclic amines) is 1. The molecule has 0 aromatic carbocycles. The number of nitrogens with one attached hydrogen (secondary N) is 1. The average Bonchev–Trinajstić information content (AvgIpc) is 2.77. The molecule has 3 nitrogen and oxygen atoms in total. The van der Waals surface area contributed by atoms with Crippen molar-refractivity contribution in [2.45, 2.75) is 44.7 Å². The Bertz CT molecular complexity index is 278. The van der Waals surface area contributed by atoms with Crippen LogP contribution >= 0.6 is 24.2 Å². The van der Waals surface area contributed by atoms with Gasteiger partial charge in [0.15, 0.2) is 0 Å². The number of amides is 1. The zero-order chi connectivity index (χ0) is 12.3. The molecule has 3 atom stereocenters. The van der Waals surface area contributed by atoms with Crippen molar-refractivity contribution in [1.29, 1.82) is 0 Å². The second-order valence-electron chi connectivity index (χ2n) is 5.36. The van der Waals surface area contributed by atoms with Crippen LogP contribution in [0.3, 0.4) is 0 Å². The van der Waals surface area contributed by atoms with Gasteiger partial charge in [-0.25, -0.2) is 0 Å². The molecule has 18 heavy (non-hydrogen) atoms. The predicted molar refractivity (Wildman–Crippen MR) is 80.6 cm³/mol. The maximum absolute atomic E-state index is 12.5. The normalized spacial score (nSPS) is 32.1. The molecule has 1 unspecified atom stereocenters. The van der Waals surface area contributed by atoms with Crippen LogP contribution in [0.1, 0.15) is 32.6 Å². The quantitative estimate of drug-likeness (QED) is 0.865. The Balaban J connectivity index is 0.00000162. The molecule has 1 amide bonds. The molecule has 0 aromatic rings. The molecule has 2 aliphatic heterocycles. The number of hydrogen-bond acceptors (Lipinski definition) is 3. The molecule has 2 saturated heterocycles. The van der Waals surface area contributed by atoms with E-state index < -0.39 is 0 Å². The first-order valence-corrected chi connectivity index (χ1v) is 8.14. The minimum Gasteiger partial charge on any atom is -0.339 e. The van der Waals surface area contributed by atoms with Crippen LogP contribution in [0.4, 0.5) is 0 Å². The van der Waals surface area contributed by atoms with Crippen LogP contribution in [0, 0.1) is 5.92 Å². The van der Waals surface area contributed by atoms with Gasteiger partial charge in [0.25, 0.3) is 0 Å². The van der Waals surface area contributed by atoms with Crippen molar-refractivity contribution in [3.05, 3.63) is 0 Å². The average molecular weight is 293 g/mol. The Labute approximate surface area is 121 Å². The molecule has 0 radical (unpaired) electrons. The highest BCUT2D eigenvalue weighted by Crippen LogP contribution is 2.26. The lowest BCUT2D eigenvalue weighted by Crippen LogP contribution is -2.46. The van der Waals surface area contributed by atoms with Crippen molar-refractivity contribution in [3.8, 4) is 0 Å². The minimum atomic E-state index is 0. The zero-order valence-corrected chi connectivity index (χ0v) is 13.0. The molecule has 5 heteroatoms. The van der Waals surface area contributed by atoms with Gasteiger partial charge in [0.1, 0.15) is 0 Å². The summed E-state index contributed by atoms with van der Waals surface area (Å²) in [6.07, 6.45) is 6.56. The number of rotatable bonds is 3. The molecule has 0 aliphatic carbocycles. The lowest BCUT2D eigenvalue weighted by molar-refractivity contribution is -0.137. The Kier molecular flexibility index (Phi) is 6.82. The lowest BCUT2D eigenvalue weighted by atomic mass is 9.92. The van der Waals surface area contributed by atoms with E-state index in [1.54, 1.807) is 0 Å². The molecule has 2 fully saturated rings. The van der Waals surface area contributed by atoms with Gasteiger partial charge in [-0.15, -0.1) is 12.4 Å². The first-order chi connectivity index (χ1) is 8.22. The van der Waals surface area contributed by atoms with Crippen molar-refractivity contribution in [1.82, 2.24) is 10.2 Å². The van der Waals surface area contributed by atoms with Crippen LogP contribution in [-0.4, -0.2) is 48.0 Å². The van der Waals surface area contributed by atoms with Crippen molar-refractivity contribution < 1.29 is 4.79 Å². The highest BCUT2D eigenvalue weighted by molar-refractivity contribution is 7.98. The van der Waals surface area contributed by atoms with Crippen LogP contribution in [0.5, 0.6) is 0 Å². The standard InChI is InChI=1S/C13H24N2OS.ClH/c1-10-8-11(5-6-14-10)13(16)15-7-3-4-12(15)9-17-2;/h10-12,14H,3-9H2,1-2H3;1H/t10-,11-,12?;/m0./s1. The van der Waals surface area contributed by atoms with Gasteiger partial charge in [-0.2, -0.15) is 11.8 Å². The maximum atomic E-state index is 12.5. The monoisotopic (exact) mass is 292 g/mol. The predicted octanol–water partition coefficient (Wildman–Crippen LogP) is 2.15. The van der Waals surface area contributed by atoms with Crippen molar-refractivity contribution in [2.24, 2.45) is 5.92 Å². The first-order valence-electron chi connectivity index (χ1n) is 6.75. The molecule has 0 aromatic heterocycles. The highest BCUT2D eigenvalue weighted by Gasteiger charge is 2.34. The third kappa shape index (κ3) is 3.78. The van der Waals surface area contributed by atoms with Crippen molar-refractivity contribution in [3.63, 3.8) is 0 Å². The molecule has 0 saturated carbocycles. The molecule has 0 bridgehead atoms. The van der Waals surface area contributed by atoms with E-state index in [9.17, 15) is 4.79 Å². The van der Waals surface area contributed by atoms with E-state index in [1.165, 1.54) is 12.8 Å². The SMILES string of the molecule is CSCC1CCCN1C(=O)[C@H]1CCN[C@@H](C)C1.Cl. The largest absolute Gasteiger partial charge is 0.339 e. The molecule has 0 spiro atoms. The van der Waals surface area contributed by atoms with E-state index in [0.717, 1.165) is 31.7 Å². The fourth-order valence-corrected chi connectivity index (χ4v) is 3.81. The Morgan fingerprint density at radius 2 is 2.22 bits per heavy atom. The number of halogens is 1. The zero-order valence-electron chi connectivity index (χ0n) is 11.4. The van der Waals surface area contributed by atoms with E-state index in [-0.39, 0.29) is 18.3 Å². The van der Waals surface area contributed by atoms with Gasteiger partial charge in [0.05, 0.1) is 0 Å². The number of nitrogens with zero attached hydrogens (tertiary/aromatic N) is 1. The maximum Gasteiger partial charge on any atom is 0.226 e. The van der Waals surface area contributed by atoms with E-state index in [0.29, 0.717) is 18.0 Å². The second kappa shape index (κ2) is 7.61. The molecule has 106 valence electrons. The lowest BCUT2D eigenvalue weighted by Gasteiger charge is -2.33. The number of carbonyl (C=O) groups is 1. The van der Waals surface area contributed by atoms with Gasteiger partial charge in [0.2, 0.25) is 5.91 Å². The van der Waals surface area contributed by atoms with E-state index in [2.05, 4.69) is 23.4 Å². The Morgan fingerprint density at radius 1 is 1.44 bits per heavy atom. The van der Waals surface area contributed by atoms with Gasteiger partial charge < -0.3 is 10.2 Å². The Morgan fingerprint density at radius 3 is 2.89 bits per heavy atom. The summed E-state index contributed by atoms with van der Waals surface area (Å²) in [5.41, 5.74) is 0. The molecule has 1 N–H and O–H groups in total. The summed E-state index contributed by atoms with van der Waals surface area (Å²) in [5.74, 6) is 1.80. The van der Waals surface area contributed by atoms with Gasteiger partial charge >= 0.3 is 0 Å². The Hall–Kier alpha value is 0.0700. The van der Waals surface area contributed by atoms with E-state index >= 15 is 0 Å². The minimum absolute atomic E-state index is 0. The van der Waals surface area contributed by atoms with Gasteiger partial charge in [-0.3, -0.25) is 4.79 Å². The number of hydrogen-bond donors (Lipinski definition) is 1. The van der Waals surface area contributed by atoms with Gasteiger partial charge in [-0.05, 0) is 45.4 Å².